The molecule has 0 heterocycles. The molecule has 0 radical (unpaired) electrons. The number of hydrogen-bond acceptors (Lipinski definition) is 7. The molecule has 0 saturated heterocycles. The molecule has 0 aliphatic rings. The average Bonchev–Trinajstić information content (AvgIpc) is 2.17. The zero-order valence-electron chi connectivity index (χ0n) is 6.65. The number of aldehydes is 1. The molecule has 6 nitrogen and oxygen atoms in total. The van der Waals surface area contributed by atoms with Gasteiger partial charge in [-0.05, 0) is 12.9 Å². The predicted molar refractivity (Wildman–Crippen MR) is 45.0 cm³/mol. The van der Waals surface area contributed by atoms with E-state index < -0.39 is 31.0 Å². The zero-order chi connectivity index (χ0) is 10.4. The first-order valence-corrected chi connectivity index (χ1v) is 3.85. The molecule has 0 aliphatic heterocycles. The first-order valence-electron chi connectivity index (χ1n) is 3.49. The Labute approximate surface area is 80.4 Å². The van der Waals surface area contributed by atoms with Gasteiger partial charge in [-0.3, -0.25) is 0 Å². The highest BCUT2D eigenvalue weighted by molar-refractivity contribution is 7.75. The van der Waals surface area contributed by atoms with Crippen molar-refractivity contribution in [2.24, 2.45) is 0 Å². The number of aliphatic hydroxyl groups is 4. The van der Waals surface area contributed by atoms with Crippen molar-refractivity contribution in [2.75, 3.05) is 6.61 Å². The van der Waals surface area contributed by atoms with Crippen LogP contribution >= 0.6 is 12.9 Å². The van der Waals surface area contributed by atoms with Crippen LogP contribution in [0.4, 0.5) is 0 Å². The van der Waals surface area contributed by atoms with E-state index in [0.29, 0.717) is 0 Å². The Morgan fingerprint density at radius 1 is 1.31 bits per heavy atom. The van der Waals surface area contributed by atoms with Crippen LogP contribution in [0.25, 0.3) is 0 Å². The van der Waals surface area contributed by atoms with Crippen molar-refractivity contribution in [1.29, 1.82) is 0 Å². The summed E-state index contributed by atoms with van der Waals surface area (Å²) in [5.74, 6) is 0. The molecule has 0 saturated carbocycles. The summed E-state index contributed by atoms with van der Waals surface area (Å²) in [7, 11) is 0. The largest absolute Gasteiger partial charge is 0.394 e. The van der Waals surface area contributed by atoms with Crippen molar-refractivity contribution >= 4 is 19.2 Å². The molecule has 0 aromatic rings. The summed E-state index contributed by atoms with van der Waals surface area (Å²) in [5, 5.41) is 35.5. The second-order valence-electron chi connectivity index (χ2n) is 2.44. The third-order valence-electron chi connectivity index (χ3n) is 1.52. The lowest BCUT2D eigenvalue weighted by Crippen LogP contribution is -2.46. The monoisotopic (exact) mass is 212 g/mol. The van der Waals surface area contributed by atoms with Gasteiger partial charge in [0.1, 0.15) is 18.3 Å². The molecule has 0 aliphatic carbocycles. The number of rotatable bonds is 6. The first kappa shape index (κ1) is 12.8. The molecule has 7 heteroatoms. The Morgan fingerprint density at radius 3 is 2.15 bits per heavy atom. The van der Waals surface area contributed by atoms with Gasteiger partial charge in [0.05, 0.1) is 6.61 Å². The topological polar surface area (TPSA) is 107 Å². The van der Waals surface area contributed by atoms with Crippen molar-refractivity contribution in [2.45, 2.75) is 24.4 Å². The van der Waals surface area contributed by atoms with Crippen molar-refractivity contribution in [3.8, 4) is 0 Å². The number of carbonyl (C=O) groups excluding carboxylic acids is 1. The lowest BCUT2D eigenvalue weighted by Gasteiger charge is -2.23. The Bertz CT molecular complexity index is 154. The van der Waals surface area contributed by atoms with Crippen LogP contribution in [0.2, 0.25) is 0 Å². The van der Waals surface area contributed by atoms with Crippen molar-refractivity contribution in [3.63, 3.8) is 0 Å². The van der Waals surface area contributed by atoms with Crippen LogP contribution in [0.3, 0.4) is 0 Å². The van der Waals surface area contributed by atoms with Crippen LogP contribution in [0.1, 0.15) is 0 Å². The van der Waals surface area contributed by atoms with E-state index in [2.05, 4.69) is 17.1 Å². The number of hydrogen-bond donors (Lipinski definition) is 5. The maximum atomic E-state index is 10.2. The summed E-state index contributed by atoms with van der Waals surface area (Å²) in [6.45, 7) is -0.726. The molecule has 0 unspecified atom stereocenters. The number of aliphatic hydroxyl groups excluding tert-OH is 4. The van der Waals surface area contributed by atoms with Gasteiger partial charge < -0.3 is 29.4 Å². The number of thiol groups is 1. The van der Waals surface area contributed by atoms with Crippen LogP contribution in [0.15, 0.2) is 0 Å². The second-order valence-corrected chi connectivity index (χ2v) is 2.65. The molecule has 0 spiro atoms. The van der Waals surface area contributed by atoms with Gasteiger partial charge in [-0.25, -0.2) is 0 Å². The Morgan fingerprint density at radius 2 is 1.85 bits per heavy atom. The van der Waals surface area contributed by atoms with Gasteiger partial charge in [-0.1, -0.05) is 0 Å². The molecular formula is C6H12O6S. The van der Waals surface area contributed by atoms with E-state index in [1.54, 1.807) is 0 Å². The lowest BCUT2D eigenvalue weighted by atomic mass is 10.0. The highest BCUT2D eigenvalue weighted by atomic mass is 32.1. The fourth-order valence-corrected chi connectivity index (χ4v) is 0.872. The van der Waals surface area contributed by atoms with Gasteiger partial charge in [0.2, 0.25) is 0 Å². The van der Waals surface area contributed by atoms with Gasteiger partial charge in [0, 0.05) is 0 Å². The Hall–Kier alpha value is -0.180. The SMILES string of the molecule is O=C[C@H](OS)[C@@H](O)[C@H](O)[C@H](O)CO. The van der Waals surface area contributed by atoms with Crippen molar-refractivity contribution in [3.05, 3.63) is 0 Å². The standard InChI is InChI=1S/C6H12O6S/c7-1-3(9)5(10)6(11)4(2-8)12-13/h2-7,9-11,13H,1H2/t3-,4+,5-,6-/m1/s1. The molecule has 0 fully saturated rings. The minimum Gasteiger partial charge on any atom is -0.394 e. The predicted octanol–water partition coefficient (Wildman–Crippen LogP) is -2.51. The van der Waals surface area contributed by atoms with Gasteiger partial charge in [0.15, 0.2) is 12.4 Å². The molecule has 0 aromatic carbocycles. The molecule has 0 rings (SSSR count). The fourth-order valence-electron chi connectivity index (χ4n) is 0.698. The van der Waals surface area contributed by atoms with Gasteiger partial charge >= 0.3 is 0 Å². The summed E-state index contributed by atoms with van der Waals surface area (Å²) >= 11 is 3.28. The quantitative estimate of drug-likeness (QED) is 0.189. The summed E-state index contributed by atoms with van der Waals surface area (Å²) in [4.78, 5) is 10.2. The van der Waals surface area contributed by atoms with E-state index in [0.717, 1.165) is 0 Å². The van der Waals surface area contributed by atoms with E-state index in [-0.39, 0.29) is 6.29 Å². The van der Waals surface area contributed by atoms with E-state index >= 15 is 0 Å². The molecule has 0 amide bonds. The van der Waals surface area contributed by atoms with Crippen LogP contribution in [-0.4, -0.2) is 57.7 Å². The molecular weight excluding hydrogens is 200 g/mol. The van der Waals surface area contributed by atoms with E-state index in [4.69, 9.17) is 20.4 Å². The molecule has 13 heavy (non-hydrogen) atoms. The maximum Gasteiger partial charge on any atom is 0.155 e. The van der Waals surface area contributed by atoms with Crippen molar-refractivity contribution < 1.29 is 29.4 Å². The second kappa shape index (κ2) is 6.30. The minimum atomic E-state index is -1.66. The van der Waals surface area contributed by atoms with E-state index in [9.17, 15) is 4.79 Å². The van der Waals surface area contributed by atoms with E-state index in [1.807, 2.05) is 0 Å². The highest BCUT2D eigenvalue weighted by Crippen LogP contribution is 2.07. The average molecular weight is 212 g/mol. The summed E-state index contributed by atoms with van der Waals surface area (Å²) in [6, 6.07) is 0. The molecule has 78 valence electrons. The summed E-state index contributed by atoms with van der Waals surface area (Å²) < 4.78 is 4.20. The first-order chi connectivity index (χ1) is 6.08. The van der Waals surface area contributed by atoms with Crippen molar-refractivity contribution in [1.82, 2.24) is 0 Å². The van der Waals surface area contributed by atoms with Crippen LogP contribution < -0.4 is 0 Å². The Kier molecular flexibility index (Phi) is 6.21. The third-order valence-corrected chi connectivity index (χ3v) is 1.77. The van der Waals surface area contributed by atoms with Gasteiger partial charge in [0.25, 0.3) is 0 Å². The van der Waals surface area contributed by atoms with Crippen LogP contribution in [0, 0.1) is 0 Å². The summed E-state index contributed by atoms with van der Waals surface area (Å²) in [6.07, 6.45) is -5.93. The van der Waals surface area contributed by atoms with Crippen LogP contribution in [-0.2, 0) is 8.98 Å². The molecule has 0 aromatic heterocycles. The molecule has 4 atom stereocenters. The lowest BCUT2D eigenvalue weighted by molar-refractivity contribution is -0.131. The molecule has 0 bridgehead atoms. The van der Waals surface area contributed by atoms with Gasteiger partial charge in [-0.15, -0.1) is 0 Å². The summed E-state index contributed by atoms with van der Waals surface area (Å²) in [5.41, 5.74) is 0. The third kappa shape index (κ3) is 3.59. The number of carbonyl (C=O) groups is 1. The van der Waals surface area contributed by atoms with Gasteiger partial charge in [-0.2, -0.15) is 0 Å². The normalized spacial score (nSPS) is 20.4. The smallest absolute Gasteiger partial charge is 0.155 e. The zero-order valence-corrected chi connectivity index (χ0v) is 7.54. The Balaban J connectivity index is 4.21. The maximum absolute atomic E-state index is 10.2. The van der Waals surface area contributed by atoms with Crippen LogP contribution in [0.5, 0.6) is 0 Å². The van der Waals surface area contributed by atoms with E-state index in [1.165, 1.54) is 0 Å². The fraction of sp³-hybridized carbons (Fsp3) is 0.833. The highest BCUT2D eigenvalue weighted by Gasteiger charge is 2.31. The molecule has 4 N–H and O–H groups in total. The minimum absolute atomic E-state index is 0.227.